The number of halogens is 1. The lowest BCUT2D eigenvalue weighted by Gasteiger charge is -2.39. The zero-order valence-electron chi connectivity index (χ0n) is 11.5. The second kappa shape index (κ2) is 3.70. The van der Waals surface area contributed by atoms with Gasteiger partial charge in [-0.3, -0.25) is 0 Å². The molecular formula is C16H18FNO. The summed E-state index contributed by atoms with van der Waals surface area (Å²) in [6, 6.07) is 8.48. The Balaban J connectivity index is 2.22. The molecule has 0 fully saturated rings. The molecule has 0 spiro atoms. The van der Waals surface area contributed by atoms with Gasteiger partial charge < -0.3 is 10.2 Å². The average molecular weight is 259 g/mol. The van der Waals surface area contributed by atoms with Crippen LogP contribution in [0.2, 0.25) is 0 Å². The molecule has 0 bridgehead atoms. The Morgan fingerprint density at radius 2 is 1.84 bits per heavy atom. The molecule has 100 valence electrons. The monoisotopic (exact) mass is 259 g/mol. The van der Waals surface area contributed by atoms with Crippen LogP contribution in [-0.4, -0.2) is 0 Å². The van der Waals surface area contributed by atoms with E-state index in [-0.39, 0.29) is 11.2 Å². The fraction of sp³-hybridized carbons (Fsp3) is 0.375. The summed E-state index contributed by atoms with van der Waals surface area (Å²) in [7, 11) is 0. The molecule has 0 saturated heterocycles. The first-order valence-electron chi connectivity index (χ1n) is 6.49. The molecule has 1 atom stereocenters. The second-order valence-corrected chi connectivity index (χ2v) is 6.07. The first-order chi connectivity index (χ1) is 8.84. The Hall–Kier alpha value is -1.61. The number of fused-ring (bicyclic) bond motifs is 1. The van der Waals surface area contributed by atoms with E-state index in [1.54, 1.807) is 12.1 Å². The van der Waals surface area contributed by atoms with E-state index in [2.05, 4.69) is 13.8 Å². The molecule has 2 nitrogen and oxygen atoms in total. The molecule has 1 unspecified atom stereocenters. The van der Waals surface area contributed by atoms with Gasteiger partial charge in [0.05, 0.1) is 5.54 Å². The topological polar surface area (TPSA) is 39.2 Å². The zero-order chi connectivity index (χ0) is 13.8. The van der Waals surface area contributed by atoms with Crippen molar-refractivity contribution in [1.29, 1.82) is 0 Å². The maximum atomic E-state index is 13.1. The first kappa shape index (κ1) is 12.4. The van der Waals surface area contributed by atoms with Crippen LogP contribution in [0.3, 0.4) is 0 Å². The van der Waals surface area contributed by atoms with E-state index in [4.69, 9.17) is 10.2 Å². The predicted octanol–water partition coefficient (Wildman–Crippen LogP) is 3.51. The van der Waals surface area contributed by atoms with Crippen LogP contribution in [0.5, 0.6) is 0 Å². The van der Waals surface area contributed by atoms with E-state index in [1.165, 1.54) is 12.1 Å². The van der Waals surface area contributed by atoms with Crippen LogP contribution in [0.4, 0.5) is 4.39 Å². The molecule has 1 aliphatic rings. The minimum atomic E-state index is -0.631. The van der Waals surface area contributed by atoms with Crippen molar-refractivity contribution in [3.05, 3.63) is 58.8 Å². The van der Waals surface area contributed by atoms with Crippen molar-refractivity contribution in [3.63, 3.8) is 0 Å². The Morgan fingerprint density at radius 1 is 1.21 bits per heavy atom. The van der Waals surface area contributed by atoms with E-state index in [0.29, 0.717) is 0 Å². The van der Waals surface area contributed by atoms with Crippen molar-refractivity contribution >= 4 is 0 Å². The van der Waals surface area contributed by atoms with Gasteiger partial charge in [0.2, 0.25) is 0 Å². The van der Waals surface area contributed by atoms with Gasteiger partial charge in [0.15, 0.2) is 0 Å². The van der Waals surface area contributed by atoms with Gasteiger partial charge in [0, 0.05) is 12.0 Å². The summed E-state index contributed by atoms with van der Waals surface area (Å²) in [5, 5.41) is 0. The average Bonchev–Trinajstić information content (AvgIpc) is 2.76. The molecule has 0 saturated carbocycles. The van der Waals surface area contributed by atoms with Crippen molar-refractivity contribution in [2.45, 2.75) is 32.7 Å². The molecule has 0 aliphatic heterocycles. The van der Waals surface area contributed by atoms with Crippen LogP contribution < -0.4 is 5.73 Å². The zero-order valence-corrected chi connectivity index (χ0v) is 11.5. The number of hydrogen-bond donors (Lipinski definition) is 1. The SMILES string of the molecule is Cc1cc2c(o1)CC(C)(C)C2(N)c1ccc(F)cc1. The highest BCUT2D eigenvalue weighted by molar-refractivity contribution is 5.47. The third-order valence-electron chi connectivity index (χ3n) is 4.33. The lowest BCUT2D eigenvalue weighted by Crippen LogP contribution is -2.47. The van der Waals surface area contributed by atoms with Crippen LogP contribution in [0.25, 0.3) is 0 Å². The Bertz CT molecular complexity index is 627. The van der Waals surface area contributed by atoms with E-state index < -0.39 is 5.54 Å². The van der Waals surface area contributed by atoms with Crippen molar-refractivity contribution in [2.24, 2.45) is 11.1 Å². The van der Waals surface area contributed by atoms with Crippen LogP contribution in [0.15, 0.2) is 34.7 Å². The Morgan fingerprint density at radius 3 is 2.47 bits per heavy atom. The largest absolute Gasteiger partial charge is 0.466 e. The second-order valence-electron chi connectivity index (χ2n) is 6.07. The number of furan rings is 1. The number of aryl methyl sites for hydroxylation is 1. The molecule has 1 aromatic carbocycles. The summed E-state index contributed by atoms with van der Waals surface area (Å²) in [6.45, 7) is 6.18. The Labute approximate surface area is 112 Å². The standard InChI is InChI=1S/C16H18FNO/c1-10-8-13-14(19-10)9-15(2,3)16(13,18)11-4-6-12(17)7-5-11/h4-8H,9,18H2,1-3H3. The van der Waals surface area contributed by atoms with Crippen LogP contribution >= 0.6 is 0 Å². The molecule has 1 aromatic heterocycles. The third-order valence-corrected chi connectivity index (χ3v) is 4.33. The minimum Gasteiger partial charge on any atom is -0.466 e. The maximum Gasteiger partial charge on any atom is 0.123 e. The van der Waals surface area contributed by atoms with Crippen molar-refractivity contribution in [1.82, 2.24) is 0 Å². The summed E-state index contributed by atoms with van der Waals surface area (Å²) in [4.78, 5) is 0. The fourth-order valence-corrected chi connectivity index (χ4v) is 3.19. The molecule has 0 amide bonds. The maximum absolute atomic E-state index is 13.1. The third kappa shape index (κ3) is 1.58. The number of rotatable bonds is 1. The summed E-state index contributed by atoms with van der Waals surface area (Å²) >= 11 is 0. The van der Waals surface area contributed by atoms with Gasteiger partial charge in [-0.25, -0.2) is 4.39 Å². The molecule has 2 aromatic rings. The van der Waals surface area contributed by atoms with Crippen molar-refractivity contribution < 1.29 is 8.81 Å². The fourth-order valence-electron chi connectivity index (χ4n) is 3.19. The molecule has 1 heterocycles. The van der Waals surface area contributed by atoms with Gasteiger partial charge >= 0.3 is 0 Å². The number of benzene rings is 1. The molecular weight excluding hydrogens is 241 g/mol. The smallest absolute Gasteiger partial charge is 0.123 e. The summed E-state index contributed by atoms with van der Waals surface area (Å²) in [6.07, 6.45) is 0.796. The highest BCUT2D eigenvalue weighted by atomic mass is 19.1. The van der Waals surface area contributed by atoms with E-state index >= 15 is 0 Å². The normalized spacial score (nSPS) is 24.5. The highest BCUT2D eigenvalue weighted by Gasteiger charge is 2.52. The first-order valence-corrected chi connectivity index (χ1v) is 6.49. The summed E-state index contributed by atoms with van der Waals surface area (Å²) in [5.41, 5.74) is 7.92. The quantitative estimate of drug-likeness (QED) is 0.851. The van der Waals surface area contributed by atoms with E-state index in [1.807, 2.05) is 13.0 Å². The van der Waals surface area contributed by atoms with Crippen molar-refractivity contribution in [3.8, 4) is 0 Å². The molecule has 3 rings (SSSR count). The number of nitrogens with two attached hydrogens (primary N) is 1. The van der Waals surface area contributed by atoms with Gasteiger partial charge in [0.1, 0.15) is 17.3 Å². The van der Waals surface area contributed by atoms with Crippen LogP contribution in [-0.2, 0) is 12.0 Å². The lowest BCUT2D eigenvalue weighted by molar-refractivity contribution is 0.227. The molecule has 19 heavy (non-hydrogen) atoms. The van der Waals surface area contributed by atoms with Crippen LogP contribution in [0, 0.1) is 18.2 Å². The Kier molecular flexibility index (Phi) is 2.42. The van der Waals surface area contributed by atoms with Crippen LogP contribution in [0.1, 0.15) is 36.5 Å². The van der Waals surface area contributed by atoms with Gasteiger partial charge in [-0.05, 0) is 36.1 Å². The minimum absolute atomic E-state index is 0.160. The predicted molar refractivity (Wildman–Crippen MR) is 72.3 cm³/mol. The van der Waals surface area contributed by atoms with E-state index in [9.17, 15) is 4.39 Å². The molecule has 2 N–H and O–H groups in total. The van der Waals surface area contributed by atoms with Gasteiger partial charge in [-0.15, -0.1) is 0 Å². The summed E-state index contributed by atoms with van der Waals surface area (Å²) < 4.78 is 18.9. The molecule has 3 heteroatoms. The van der Waals surface area contributed by atoms with Gasteiger partial charge in [-0.2, -0.15) is 0 Å². The molecule has 0 radical (unpaired) electrons. The molecule has 1 aliphatic carbocycles. The van der Waals surface area contributed by atoms with Gasteiger partial charge in [0.25, 0.3) is 0 Å². The van der Waals surface area contributed by atoms with Crippen molar-refractivity contribution in [2.75, 3.05) is 0 Å². The highest BCUT2D eigenvalue weighted by Crippen LogP contribution is 2.52. The van der Waals surface area contributed by atoms with E-state index in [0.717, 1.165) is 29.1 Å². The lowest BCUT2D eigenvalue weighted by atomic mass is 9.69. The number of hydrogen-bond acceptors (Lipinski definition) is 2. The summed E-state index contributed by atoms with van der Waals surface area (Å²) in [5.74, 6) is 1.58. The van der Waals surface area contributed by atoms with Gasteiger partial charge in [-0.1, -0.05) is 26.0 Å².